The first-order chi connectivity index (χ1) is 53.0. The maximum Gasteiger partial charge on any atom is 0.415 e. The minimum Gasteiger partial charge on any atom is -0.508 e. The van der Waals surface area contributed by atoms with Gasteiger partial charge in [0, 0.05) is 91.8 Å². The fourth-order valence-electron chi connectivity index (χ4n) is 11.6. The van der Waals surface area contributed by atoms with Crippen LogP contribution in [-0.2, 0) is 67.3 Å². The van der Waals surface area contributed by atoms with Crippen LogP contribution in [0.3, 0.4) is 0 Å². The Morgan fingerprint density at radius 2 is 1.48 bits per heavy atom. The molecule has 9 rings (SSSR count). The zero-order chi connectivity index (χ0) is 78.8. The number of primary amides is 1. The molecule has 0 saturated carbocycles. The van der Waals surface area contributed by atoms with Gasteiger partial charge in [0.05, 0.1) is 89.7 Å². The van der Waals surface area contributed by atoms with Gasteiger partial charge in [0.1, 0.15) is 60.4 Å². The number of fused-ring (bicyclic) bond motifs is 4. The summed E-state index contributed by atoms with van der Waals surface area (Å²) < 4.78 is 40.1. The molecular formula is C73H87ClN16O20. The first-order valence-corrected chi connectivity index (χ1v) is 35.7. The molecule has 37 heteroatoms. The number of nitrogens with two attached hydrogens (primary N) is 1. The summed E-state index contributed by atoms with van der Waals surface area (Å²) in [6.07, 6.45) is 2.42. The molecule has 586 valence electrons. The standard InChI is InChI=1S/C73H87ClN16O20/c1-44(2)63(83-71(101)108-34-32-105-28-24-88-42-52(84-85-88)40-78-70(100)107-33-31-106-29-25-89-59(93)18-19-60(89)94)67(97)82-55(9-6-20-76-69(75)99)66(96)79-50-14-10-46(11-15-50)43-109-72(102)86(4)21-22-87(23-27-104-30-26-91)73(103)110-58-37-57-62(61-45(3)7-5-8-54(58)61)49(38-74)41-90(57)68(98)56-36-48-35-51(39-77-64(48)81-56)80-65(95)47-12-16-53(92)17-13-47/h5,7-8,10-19,35-37,39,42,44,49,55,63,91-92H,6,9,20-34,38,40-41,43H2,1-4H3,(H,77,81)(H,78,100)(H,79,96)(H,80,95)(H,82,97)(H,83,101)(H3,75,76,99)/t49-,55+,63+/m1/s1. The number of aliphatic hydroxyl groups excluding tert-OH is 1. The maximum atomic E-state index is 14.7. The van der Waals surface area contributed by atoms with Gasteiger partial charge >= 0.3 is 30.4 Å². The molecule has 0 bridgehead atoms. The van der Waals surface area contributed by atoms with Gasteiger partial charge in [-0.1, -0.05) is 49.4 Å². The summed E-state index contributed by atoms with van der Waals surface area (Å²) in [7, 11) is 1.48. The first-order valence-electron chi connectivity index (χ1n) is 35.2. The number of nitrogens with zero attached hydrogens (tertiary/aromatic N) is 8. The van der Waals surface area contributed by atoms with Crippen molar-refractivity contribution in [3.63, 3.8) is 0 Å². The van der Waals surface area contributed by atoms with Crippen molar-refractivity contribution in [1.82, 2.24) is 60.9 Å². The number of pyridine rings is 1. The van der Waals surface area contributed by atoms with Crippen LogP contribution < -0.4 is 47.3 Å². The number of ether oxygens (including phenoxy) is 7. The summed E-state index contributed by atoms with van der Waals surface area (Å²) in [5.74, 6) is -3.52. The number of amides is 12. The monoisotopic (exact) mass is 1540 g/mol. The number of aryl methyl sites for hydroxylation is 1. The predicted molar refractivity (Wildman–Crippen MR) is 397 cm³/mol. The predicted octanol–water partition coefficient (Wildman–Crippen LogP) is 5.14. The van der Waals surface area contributed by atoms with Crippen LogP contribution in [0.25, 0.3) is 21.8 Å². The van der Waals surface area contributed by atoms with Gasteiger partial charge in [-0.3, -0.25) is 33.7 Å². The average Bonchev–Trinajstić information content (AvgIpc) is 1.49. The topological polar surface area (TPSA) is 463 Å². The number of carbonyl (C=O) groups is 11. The third kappa shape index (κ3) is 23.3. The second-order valence-electron chi connectivity index (χ2n) is 25.6. The van der Waals surface area contributed by atoms with Crippen LogP contribution in [0.2, 0.25) is 0 Å². The summed E-state index contributed by atoms with van der Waals surface area (Å²) in [4.78, 5) is 156. The largest absolute Gasteiger partial charge is 0.508 e. The van der Waals surface area contributed by atoms with Crippen molar-refractivity contribution in [2.75, 3.05) is 127 Å². The van der Waals surface area contributed by atoms with E-state index in [1.54, 1.807) is 73.5 Å². The van der Waals surface area contributed by atoms with Crippen LogP contribution in [0.5, 0.6) is 11.5 Å². The lowest BCUT2D eigenvalue weighted by Crippen LogP contribution is -2.54. The van der Waals surface area contributed by atoms with Gasteiger partial charge in [-0.05, 0) is 96.3 Å². The number of halogens is 1. The molecule has 7 aromatic rings. The number of phenols is 1. The summed E-state index contributed by atoms with van der Waals surface area (Å²) >= 11 is 6.66. The second-order valence-corrected chi connectivity index (χ2v) is 25.9. The van der Waals surface area contributed by atoms with Crippen LogP contribution in [0, 0.1) is 12.8 Å². The molecule has 0 fully saturated rings. The molecule has 0 unspecified atom stereocenters. The molecular weight excluding hydrogens is 1460 g/mol. The quantitative estimate of drug-likeness (QED) is 0.0103. The molecule has 11 N–H and O–H groups in total. The van der Waals surface area contributed by atoms with Crippen molar-refractivity contribution in [3.8, 4) is 11.5 Å². The van der Waals surface area contributed by atoms with Crippen molar-refractivity contribution in [1.29, 1.82) is 0 Å². The number of hydrogen-bond acceptors (Lipinski definition) is 23. The van der Waals surface area contributed by atoms with E-state index in [0.29, 0.717) is 50.3 Å². The summed E-state index contributed by atoms with van der Waals surface area (Å²) in [6.45, 7) is 5.26. The van der Waals surface area contributed by atoms with Crippen molar-refractivity contribution in [2.45, 2.75) is 71.3 Å². The minimum absolute atomic E-state index is 0.00319. The number of aromatic amines is 1. The number of hydrogen-bond donors (Lipinski definition) is 10. The van der Waals surface area contributed by atoms with Crippen LogP contribution >= 0.6 is 11.6 Å². The Hall–Kier alpha value is -12.0. The van der Waals surface area contributed by atoms with Gasteiger partial charge in [-0.25, -0.2) is 33.6 Å². The minimum atomic E-state index is -1.18. The highest BCUT2D eigenvalue weighted by Crippen LogP contribution is 2.47. The maximum absolute atomic E-state index is 14.7. The third-order valence-electron chi connectivity index (χ3n) is 17.3. The Bertz CT molecular complexity index is 4440. The summed E-state index contributed by atoms with van der Waals surface area (Å²) in [6, 6.07) is 19.4. The number of aliphatic hydroxyl groups is 1. The van der Waals surface area contributed by atoms with E-state index in [2.05, 4.69) is 52.2 Å². The van der Waals surface area contributed by atoms with Crippen LogP contribution in [0.1, 0.15) is 75.8 Å². The number of urea groups is 1. The smallest absolute Gasteiger partial charge is 0.415 e. The van der Waals surface area contributed by atoms with Gasteiger partial charge in [0.2, 0.25) is 11.8 Å². The molecule has 2 aliphatic rings. The molecule has 36 nitrogen and oxygen atoms in total. The van der Waals surface area contributed by atoms with E-state index < -0.39 is 83.8 Å². The molecule has 2 aliphatic heterocycles. The molecule has 0 saturated heterocycles. The Morgan fingerprint density at radius 1 is 0.764 bits per heavy atom. The van der Waals surface area contributed by atoms with Crippen LogP contribution in [0.15, 0.2) is 109 Å². The summed E-state index contributed by atoms with van der Waals surface area (Å²) in [5, 5.41) is 44.8. The van der Waals surface area contributed by atoms with E-state index in [9.17, 15) is 63.0 Å². The van der Waals surface area contributed by atoms with E-state index >= 15 is 0 Å². The molecule has 0 spiro atoms. The van der Waals surface area contributed by atoms with E-state index in [4.69, 9.17) is 50.5 Å². The molecule has 4 aromatic carbocycles. The lowest BCUT2D eigenvalue weighted by molar-refractivity contribution is -0.137. The van der Waals surface area contributed by atoms with Gasteiger partial charge < -0.3 is 101 Å². The number of imide groups is 1. The highest BCUT2D eigenvalue weighted by molar-refractivity contribution is 6.20. The van der Waals surface area contributed by atoms with E-state index in [-0.39, 0.29) is 160 Å². The Kier molecular flexibility index (Phi) is 30.0. The number of aromatic hydroxyl groups is 1. The molecule has 0 radical (unpaired) electrons. The second kappa shape index (κ2) is 40.3. The molecule has 0 aliphatic carbocycles. The zero-order valence-corrected chi connectivity index (χ0v) is 61.6. The van der Waals surface area contributed by atoms with E-state index in [1.165, 1.54) is 64.1 Å². The molecule has 3 atom stereocenters. The molecule has 5 heterocycles. The zero-order valence-electron chi connectivity index (χ0n) is 60.8. The van der Waals surface area contributed by atoms with Crippen LogP contribution in [0.4, 0.5) is 41.0 Å². The molecule has 12 amide bonds. The van der Waals surface area contributed by atoms with Crippen molar-refractivity contribution >= 4 is 116 Å². The van der Waals surface area contributed by atoms with Crippen molar-refractivity contribution in [3.05, 3.63) is 143 Å². The fraction of sp³-hybridized carbons (Fsp3) is 0.397. The third-order valence-corrected chi connectivity index (χ3v) is 17.7. The first kappa shape index (κ1) is 82.1. The number of nitrogens with one attached hydrogen (secondary N) is 7. The molecule has 110 heavy (non-hydrogen) atoms. The van der Waals surface area contributed by atoms with Crippen molar-refractivity contribution < 1.29 is 96.1 Å². The number of H-pyrrole nitrogens is 1. The number of anilines is 3. The number of alkyl carbamates (subject to hydrolysis) is 2. The lowest BCUT2D eigenvalue weighted by Gasteiger charge is -2.26. The van der Waals surface area contributed by atoms with Gasteiger partial charge in [-0.15, -0.1) is 16.7 Å². The Balaban J connectivity index is 0.729. The number of rotatable bonds is 39. The fourth-order valence-corrected chi connectivity index (χ4v) is 11.9. The normalized spacial score (nSPS) is 13.5. The SMILES string of the molecule is Cc1cccc2c(OC(=O)N(CCOCCO)CCN(C)C(=O)OCc3ccc(NC(=O)[C@H](CCCNC(N)=O)NC(=O)[C@@H](NC(=O)OCCOCCn4cc(CNC(=O)OCCOCCN5C(=O)C=CC5=O)nn4)C(C)C)cc3)cc3c(c12)[C@H](CCl)CN3C(=O)c1cc2cc(NC(=O)c3ccc(O)cc3)cnc2[nH]1. The van der Waals surface area contributed by atoms with Gasteiger partial charge in [0.15, 0.2) is 0 Å². The number of benzene rings is 4. The molecule has 3 aromatic heterocycles. The highest BCUT2D eigenvalue weighted by Gasteiger charge is 2.37. The summed E-state index contributed by atoms with van der Waals surface area (Å²) in [5.41, 5.74) is 9.86. The van der Waals surface area contributed by atoms with Gasteiger partial charge in [-0.2, -0.15) is 0 Å². The number of alkyl halides is 1. The van der Waals surface area contributed by atoms with Crippen LogP contribution in [-0.4, -0.2) is 239 Å². The number of carbonyl (C=O) groups excluding carboxylic acids is 11. The Labute approximate surface area is 635 Å². The Morgan fingerprint density at radius 3 is 2.19 bits per heavy atom. The number of aromatic nitrogens is 5. The lowest BCUT2D eigenvalue weighted by atomic mass is 9.92. The van der Waals surface area contributed by atoms with Gasteiger partial charge in [0.25, 0.3) is 23.6 Å². The average molecular weight is 1540 g/mol. The number of likely N-dealkylation sites (N-methyl/N-ethyl adjacent to an activating group) is 1. The highest BCUT2D eigenvalue weighted by atomic mass is 35.5. The number of phenolic OH excluding ortho intramolecular Hbond substituents is 1. The van der Waals surface area contributed by atoms with E-state index in [1.807, 2.05) is 19.1 Å². The van der Waals surface area contributed by atoms with Crippen molar-refractivity contribution in [2.24, 2.45) is 11.7 Å². The van der Waals surface area contributed by atoms with E-state index in [0.717, 1.165) is 21.4 Å².